The van der Waals surface area contributed by atoms with E-state index in [4.69, 9.17) is 39.2 Å². The minimum Gasteiger partial charge on any atom is -0.443 e. The normalized spacial score (nSPS) is 12.1. The van der Waals surface area contributed by atoms with E-state index in [2.05, 4.69) is 9.44 Å². The van der Waals surface area contributed by atoms with Crippen LogP contribution in [0.1, 0.15) is 0 Å². The summed E-state index contributed by atoms with van der Waals surface area (Å²) in [4.78, 5) is -0.159. The molecule has 0 aliphatic heterocycles. The Morgan fingerprint density at radius 1 is 0.688 bits per heavy atom. The summed E-state index contributed by atoms with van der Waals surface area (Å²) in [5.74, 6) is 0. The first-order chi connectivity index (χ1) is 15.0. The second kappa shape index (κ2) is 8.49. The molecule has 0 amide bonds. The van der Waals surface area contributed by atoms with Gasteiger partial charge in [-0.2, -0.15) is 8.42 Å². The van der Waals surface area contributed by atoms with Crippen LogP contribution in [0.4, 0.5) is 11.4 Å². The van der Waals surface area contributed by atoms with Gasteiger partial charge < -0.3 is 4.42 Å². The quantitative estimate of drug-likeness (QED) is 0.318. The van der Waals surface area contributed by atoms with Crippen molar-refractivity contribution < 1.29 is 21.3 Å². The summed E-state index contributed by atoms with van der Waals surface area (Å²) in [5.41, 5.74) is 0.237. The highest BCUT2D eigenvalue weighted by Gasteiger charge is 2.23. The topological polar surface area (TPSA) is 105 Å². The highest BCUT2D eigenvalue weighted by atomic mass is 35.5. The lowest BCUT2D eigenvalue weighted by atomic mass is 10.3. The predicted molar refractivity (Wildman–Crippen MR) is 126 cm³/mol. The van der Waals surface area contributed by atoms with Gasteiger partial charge in [0.25, 0.3) is 20.0 Å². The Morgan fingerprint density at radius 3 is 2.12 bits per heavy atom. The number of sulfonamides is 2. The summed E-state index contributed by atoms with van der Waals surface area (Å²) in [7, 11) is -8.32. The minimum atomic E-state index is -4.20. The van der Waals surface area contributed by atoms with Gasteiger partial charge in [0.05, 0.1) is 26.3 Å². The Kier molecular flexibility index (Phi) is 6.04. The second-order valence-electron chi connectivity index (χ2n) is 6.58. The zero-order valence-corrected chi connectivity index (χ0v) is 19.7. The van der Waals surface area contributed by atoms with Gasteiger partial charge in [-0.25, -0.2) is 8.42 Å². The van der Waals surface area contributed by atoms with Crippen LogP contribution in [0.5, 0.6) is 0 Å². The van der Waals surface area contributed by atoms with Gasteiger partial charge in [0.15, 0.2) is 0 Å². The Labute approximate surface area is 199 Å². The van der Waals surface area contributed by atoms with E-state index in [1.165, 1.54) is 42.5 Å². The predicted octanol–water partition coefficient (Wildman–Crippen LogP) is 5.99. The van der Waals surface area contributed by atoms with Crippen molar-refractivity contribution in [3.8, 4) is 0 Å². The van der Waals surface area contributed by atoms with Gasteiger partial charge in [0, 0.05) is 16.5 Å². The molecule has 0 spiro atoms. The van der Waals surface area contributed by atoms with Crippen LogP contribution < -0.4 is 9.44 Å². The minimum absolute atomic E-state index is 0.0523. The number of hydrogen-bond donors (Lipinski definition) is 2. The first-order valence-electron chi connectivity index (χ1n) is 8.84. The monoisotopic (exact) mass is 530 g/mol. The smallest absolute Gasteiger partial charge is 0.295 e. The molecule has 2 N–H and O–H groups in total. The van der Waals surface area contributed by atoms with E-state index in [9.17, 15) is 16.8 Å². The zero-order chi connectivity index (χ0) is 23.1. The van der Waals surface area contributed by atoms with Crippen molar-refractivity contribution in [2.75, 3.05) is 9.44 Å². The zero-order valence-electron chi connectivity index (χ0n) is 15.8. The molecule has 4 aromatic rings. The molecule has 1 heterocycles. The van der Waals surface area contributed by atoms with Crippen molar-refractivity contribution in [3.63, 3.8) is 0 Å². The van der Waals surface area contributed by atoms with Crippen molar-refractivity contribution in [2.24, 2.45) is 0 Å². The summed E-state index contributed by atoms with van der Waals surface area (Å²) in [6, 6.07) is 15.9. The van der Waals surface area contributed by atoms with Crippen LogP contribution in [-0.4, -0.2) is 16.8 Å². The molecule has 4 rings (SSSR count). The van der Waals surface area contributed by atoms with Crippen LogP contribution in [-0.2, 0) is 20.0 Å². The first kappa shape index (κ1) is 22.8. The van der Waals surface area contributed by atoms with E-state index < -0.39 is 20.0 Å². The largest absolute Gasteiger partial charge is 0.443 e. The third-order valence-electron chi connectivity index (χ3n) is 4.34. The summed E-state index contributed by atoms with van der Waals surface area (Å²) >= 11 is 17.8. The van der Waals surface area contributed by atoms with Crippen molar-refractivity contribution in [3.05, 3.63) is 81.8 Å². The molecule has 7 nitrogen and oxygen atoms in total. The van der Waals surface area contributed by atoms with E-state index in [0.29, 0.717) is 11.0 Å². The highest BCUT2D eigenvalue weighted by Crippen LogP contribution is 2.32. The fraction of sp³-hybridized carbons (Fsp3) is 0. The Morgan fingerprint density at radius 2 is 1.41 bits per heavy atom. The van der Waals surface area contributed by atoms with E-state index in [0.717, 1.165) is 0 Å². The fourth-order valence-corrected chi connectivity index (χ4v) is 5.50. The van der Waals surface area contributed by atoms with Crippen LogP contribution in [0.25, 0.3) is 11.0 Å². The van der Waals surface area contributed by atoms with Gasteiger partial charge in [-0.1, -0.05) is 53.0 Å². The molecule has 0 atom stereocenters. The van der Waals surface area contributed by atoms with Gasteiger partial charge >= 0.3 is 0 Å². The SMILES string of the molecule is O=S(=O)(Nc1ccc(Cl)cc1NS(=O)(=O)c1cc2ccccc2o1)c1ccc(Cl)c(Cl)c1. The van der Waals surface area contributed by atoms with Gasteiger partial charge in [-0.15, -0.1) is 0 Å². The van der Waals surface area contributed by atoms with Crippen molar-refractivity contribution in [2.45, 2.75) is 9.99 Å². The maximum atomic E-state index is 12.9. The molecule has 166 valence electrons. The lowest BCUT2D eigenvalue weighted by Gasteiger charge is -2.14. The van der Waals surface area contributed by atoms with Crippen LogP contribution in [0.15, 0.2) is 81.1 Å². The van der Waals surface area contributed by atoms with Crippen LogP contribution in [0.2, 0.25) is 15.1 Å². The average molecular weight is 532 g/mol. The van der Waals surface area contributed by atoms with Crippen molar-refractivity contribution in [1.29, 1.82) is 0 Å². The van der Waals surface area contributed by atoms with E-state index in [1.54, 1.807) is 24.3 Å². The number of halogens is 3. The van der Waals surface area contributed by atoms with Crippen LogP contribution in [0, 0.1) is 0 Å². The number of anilines is 2. The lowest BCUT2D eigenvalue weighted by Crippen LogP contribution is -2.17. The van der Waals surface area contributed by atoms with Gasteiger partial charge in [-0.05, 0) is 42.5 Å². The average Bonchev–Trinajstić information content (AvgIpc) is 3.17. The number of fused-ring (bicyclic) bond motifs is 1. The number of hydrogen-bond acceptors (Lipinski definition) is 5. The molecule has 0 radical (unpaired) electrons. The summed E-state index contributed by atoms with van der Waals surface area (Å²) < 4.78 is 61.5. The molecule has 0 fully saturated rings. The molecule has 3 aromatic carbocycles. The molecule has 0 bridgehead atoms. The number of para-hydroxylation sites is 1. The van der Waals surface area contributed by atoms with E-state index in [-0.39, 0.29) is 36.4 Å². The molecule has 1 aromatic heterocycles. The maximum absolute atomic E-state index is 12.9. The molecule has 0 aliphatic rings. The molecule has 12 heteroatoms. The standard InChI is InChI=1S/C20H13Cl3N2O5S2/c21-13-5-8-17(24-31(26,27)14-6-7-15(22)16(23)11-14)18(10-13)25-32(28,29)20-9-12-3-1-2-4-19(12)30-20/h1-11,24-25H. The molecule has 0 saturated carbocycles. The van der Waals surface area contributed by atoms with Gasteiger partial charge in [0.2, 0.25) is 5.09 Å². The van der Waals surface area contributed by atoms with Crippen LogP contribution >= 0.6 is 34.8 Å². The first-order valence-corrected chi connectivity index (χ1v) is 12.9. The third kappa shape index (κ3) is 4.67. The number of rotatable bonds is 6. The van der Waals surface area contributed by atoms with E-state index >= 15 is 0 Å². The molecule has 0 unspecified atom stereocenters. The summed E-state index contributed by atoms with van der Waals surface area (Å²) in [6.45, 7) is 0. The Balaban J connectivity index is 1.69. The number of furan rings is 1. The highest BCUT2D eigenvalue weighted by molar-refractivity contribution is 7.93. The number of benzene rings is 3. The Hall–Kier alpha value is -2.43. The molecule has 0 saturated heterocycles. The summed E-state index contributed by atoms with van der Waals surface area (Å²) in [6.07, 6.45) is 0. The van der Waals surface area contributed by atoms with Gasteiger partial charge in [-0.3, -0.25) is 9.44 Å². The van der Waals surface area contributed by atoms with Gasteiger partial charge in [0.1, 0.15) is 5.58 Å². The molecular formula is C20H13Cl3N2O5S2. The molecule has 32 heavy (non-hydrogen) atoms. The number of nitrogens with one attached hydrogen (secondary N) is 2. The summed E-state index contributed by atoms with van der Waals surface area (Å²) in [5, 5.41) is 0.689. The molecule has 0 aliphatic carbocycles. The fourth-order valence-electron chi connectivity index (χ4n) is 2.82. The van der Waals surface area contributed by atoms with Crippen molar-refractivity contribution in [1.82, 2.24) is 0 Å². The lowest BCUT2D eigenvalue weighted by molar-refractivity contribution is 0.484. The second-order valence-corrected chi connectivity index (χ2v) is 11.1. The maximum Gasteiger partial charge on any atom is 0.295 e. The van der Waals surface area contributed by atoms with E-state index in [1.807, 2.05) is 0 Å². The Bertz CT molecular complexity index is 1520. The molecular weight excluding hydrogens is 519 g/mol. The van der Waals surface area contributed by atoms with Crippen LogP contribution in [0.3, 0.4) is 0 Å². The third-order valence-corrected chi connectivity index (χ3v) is 7.90. The van der Waals surface area contributed by atoms with Crippen molar-refractivity contribution >= 4 is 77.2 Å².